The zero-order valence-electron chi connectivity index (χ0n) is 8.83. The Bertz CT molecular complexity index is 339. The van der Waals surface area contributed by atoms with Crippen LogP contribution in [0.1, 0.15) is 16.8 Å². The number of ether oxygens (including phenoxy) is 1. The van der Waals surface area contributed by atoms with Gasteiger partial charge in [0.15, 0.2) is 0 Å². The van der Waals surface area contributed by atoms with Crippen molar-refractivity contribution in [2.45, 2.75) is 12.5 Å². The van der Waals surface area contributed by atoms with Gasteiger partial charge in [0.2, 0.25) is 0 Å². The predicted molar refractivity (Wildman–Crippen MR) is 75.5 cm³/mol. The van der Waals surface area contributed by atoms with Gasteiger partial charge in [0.05, 0.1) is 21.1 Å². The van der Waals surface area contributed by atoms with E-state index in [1.807, 2.05) is 11.4 Å². The molecule has 1 rings (SSSR count). The van der Waals surface area contributed by atoms with E-state index in [0.717, 1.165) is 2.88 Å². The first kappa shape index (κ1) is 14.2. The Morgan fingerprint density at radius 2 is 2.50 bits per heavy atom. The van der Waals surface area contributed by atoms with Gasteiger partial charge < -0.3 is 10.1 Å². The van der Waals surface area contributed by atoms with Gasteiger partial charge in [0, 0.05) is 18.4 Å². The van der Waals surface area contributed by atoms with Crippen molar-refractivity contribution < 1.29 is 9.53 Å². The van der Waals surface area contributed by atoms with Crippen LogP contribution in [0, 0.1) is 2.88 Å². The van der Waals surface area contributed by atoms with Crippen molar-refractivity contribution >= 4 is 51.4 Å². The number of carbonyl (C=O) groups is 1. The van der Waals surface area contributed by atoms with Crippen LogP contribution in [-0.2, 0) is 4.74 Å². The van der Waals surface area contributed by atoms with Crippen LogP contribution in [-0.4, -0.2) is 31.5 Å². The van der Waals surface area contributed by atoms with Crippen LogP contribution in [0.25, 0.3) is 0 Å². The molecule has 90 valence electrons. The van der Waals surface area contributed by atoms with Crippen LogP contribution in [0.2, 0.25) is 0 Å². The summed E-state index contributed by atoms with van der Waals surface area (Å²) in [7, 11) is 1.61. The summed E-state index contributed by atoms with van der Waals surface area (Å²) in [6.45, 7) is 0.486. The summed E-state index contributed by atoms with van der Waals surface area (Å²) in [5, 5.41) is 4.75. The largest absolute Gasteiger partial charge is 0.383 e. The van der Waals surface area contributed by atoms with E-state index in [1.54, 1.807) is 18.4 Å². The summed E-state index contributed by atoms with van der Waals surface area (Å²) < 4.78 is 6.13. The summed E-state index contributed by atoms with van der Waals surface area (Å²) in [5.41, 5.74) is 0.699. The fraction of sp³-hybridized carbons (Fsp3) is 0.500. The number of rotatable bonds is 6. The Balaban J connectivity index is 2.54. The van der Waals surface area contributed by atoms with Gasteiger partial charge in [-0.2, -0.15) is 0 Å². The molecule has 0 aliphatic rings. The quantitative estimate of drug-likeness (QED) is 0.615. The lowest BCUT2D eigenvalue weighted by molar-refractivity contribution is 0.0895. The van der Waals surface area contributed by atoms with Gasteiger partial charge in [-0.25, -0.2) is 0 Å². The number of thiophene rings is 1. The molecule has 0 aliphatic carbocycles. The van der Waals surface area contributed by atoms with Gasteiger partial charge in [-0.3, -0.25) is 4.79 Å². The van der Waals surface area contributed by atoms with Crippen LogP contribution in [0.5, 0.6) is 0 Å². The monoisotopic (exact) mass is 373 g/mol. The first-order valence-electron chi connectivity index (χ1n) is 4.77. The van der Waals surface area contributed by atoms with Gasteiger partial charge in [0.25, 0.3) is 5.91 Å². The molecule has 1 N–H and O–H groups in total. The molecule has 1 atom stereocenters. The second-order valence-electron chi connectivity index (χ2n) is 3.24. The smallest absolute Gasteiger partial charge is 0.252 e. The van der Waals surface area contributed by atoms with Crippen molar-refractivity contribution in [3.8, 4) is 0 Å². The lowest BCUT2D eigenvalue weighted by Gasteiger charge is -2.16. The molecule has 0 aromatic carbocycles. The average Bonchev–Trinajstić information content (AvgIpc) is 2.65. The second kappa shape index (κ2) is 7.47. The summed E-state index contributed by atoms with van der Waals surface area (Å²) in [6.07, 6.45) is 0.711. The van der Waals surface area contributed by atoms with E-state index in [1.165, 1.54) is 0 Å². The minimum absolute atomic E-state index is 0.0208. The maximum atomic E-state index is 11.8. The number of carbonyl (C=O) groups excluding carboxylic acids is 1. The molecular formula is C10H13ClINO2S. The molecule has 1 aromatic rings. The average molecular weight is 374 g/mol. The van der Waals surface area contributed by atoms with Crippen LogP contribution < -0.4 is 5.32 Å². The molecule has 0 spiro atoms. The highest BCUT2D eigenvalue weighted by atomic mass is 127. The van der Waals surface area contributed by atoms with E-state index >= 15 is 0 Å². The van der Waals surface area contributed by atoms with Crippen molar-refractivity contribution in [1.82, 2.24) is 5.32 Å². The third-order valence-electron chi connectivity index (χ3n) is 1.99. The molecule has 1 heterocycles. The molecule has 3 nitrogen and oxygen atoms in total. The Labute approximate surface area is 118 Å². The second-order valence-corrected chi connectivity index (χ2v) is 6.43. The third-order valence-corrected chi connectivity index (χ3v) is 4.00. The molecule has 0 bridgehead atoms. The molecule has 0 fully saturated rings. The normalized spacial score (nSPS) is 12.4. The van der Waals surface area contributed by atoms with Crippen molar-refractivity contribution in [3.63, 3.8) is 0 Å². The summed E-state index contributed by atoms with van der Waals surface area (Å²) >= 11 is 9.41. The summed E-state index contributed by atoms with van der Waals surface area (Å²) in [5.74, 6) is 0.446. The van der Waals surface area contributed by atoms with E-state index in [9.17, 15) is 4.79 Å². The Hall–Kier alpha value is 0.150. The first-order chi connectivity index (χ1) is 7.67. The maximum absolute atomic E-state index is 11.8. The van der Waals surface area contributed by atoms with Gasteiger partial charge in [-0.15, -0.1) is 22.9 Å². The summed E-state index contributed by atoms with van der Waals surface area (Å²) in [6, 6.07) is 1.85. The van der Waals surface area contributed by atoms with Crippen molar-refractivity contribution in [1.29, 1.82) is 0 Å². The van der Waals surface area contributed by atoms with Gasteiger partial charge in [0.1, 0.15) is 0 Å². The zero-order valence-corrected chi connectivity index (χ0v) is 12.6. The fourth-order valence-corrected chi connectivity index (χ4v) is 2.82. The molecule has 0 aliphatic heterocycles. The van der Waals surface area contributed by atoms with Gasteiger partial charge in [-0.1, -0.05) is 0 Å². The van der Waals surface area contributed by atoms with Crippen LogP contribution >= 0.6 is 45.5 Å². The van der Waals surface area contributed by atoms with E-state index in [4.69, 9.17) is 16.3 Å². The van der Waals surface area contributed by atoms with Crippen molar-refractivity contribution in [2.75, 3.05) is 19.6 Å². The van der Waals surface area contributed by atoms with Crippen molar-refractivity contribution in [2.24, 2.45) is 0 Å². The Kier molecular flexibility index (Phi) is 6.64. The highest BCUT2D eigenvalue weighted by molar-refractivity contribution is 14.1. The molecular weight excluding hydrogens is 361 g/mol. The van der Waals surface area contributed by atoms with Crippen LogP contribution in [0.4, 0.5) is 0 Å². The number of nitrogens with one attached hydrogen (secondary N) is 1. The van der Waals surface area contributed by atoms with E-state index < -0.39 is 0 Å². The number of hydrogen-bond acceptors (Lipinski definition) is 3. The molecule has 0 radical (unpaired) electrons. The first-order valence-corrected chi connectivity index (χ1v) is 7.26. The van der Waals surface area contributed by atoms with E-state index in [2.05, 4.69) is 27.9 Å². The minimum atomic E-state index is -0.0636. The molecule has 1 amide bonds. The fourth-order valence-electron chi connectivity index (χ4n) is 1.23. The number of halogens is 2. The van der Waals surface area contributed by atoms with Crippen molar-refractivity contribution in [3.05, 3.63) is 19.9 Å². The van der Waals surface area contributed by atoms with Gasteiger partial charge in [-0.05, 0) is 35.1 Å². The maximum Gasteiger partial charge on any atom is 0.252 e. The molecule has 0 saturated heterocycles. The van der Waals surface area contributed by atoms with E-state index in [-0.39, 0.29) is 11.9 Å². The molecule has 1 aromatic heterocycles. The third kappa shape index (κ3) is 4.57. The standard InChI is InChI=1S/C10H13ClINO2S/c1-15-5-8(2-3-11)13-10(14)7-4-9(12)16-6-7/h4,6,8H,2-3,5H2,1H3,(H,13,14). The highest BCUT2D eigenvalue weighted by Crippen LogP contribution is 2.16. The molecule has 6 heteroatoms. The number of amides is 1. The minimum Gasteiger partial charge on any atom is -0.383 e. The Morgan fingerprint density at radius 1 is 1.75 bits per heavy atom. The zero-order chi connectivity index (χ0) is 12.0. The van der Waals surface area contributed by atoms with E-state index in [0.29, 0.717) is 24.5 Å². The van der Waals surface area contributed by atoms with Crippen LogP contribution in [0.3, 0.4) is 0 Å². The predicted octanol–water partition coefficient (Wildman–Crippen LogP) is 2.73. The van der Waals surface area contributed by atoms with Gasteiger partial charge >= 0.3 is 0 Å². The molecule has 16 heavy (non-hydrogen) atoms. The molecule has 1 unspecified atom stereocenters. The highest BCUT2D eigenvalue weighted by Gasteiger charge is 2.14. The number of hydrogen-bond donors (Lipinski definition) is 1. The Morgan fingerprint density at radius 3 is 3.00 bits per heavy atom. The topological polar surface area (TPSA) is 38.3 Å². The molecule has 0 saturated carbocycles. The lowest BCUT2D eigenvalue weighted by Crippen LogP contribution is -2.38. The number of alkyl halides is 1. The lowest BCUT2D eigenvalue weighted by atomic mass is 10.2. The van der Waals surface area contributed by atoms with Crippen LogP contribution in [0.15, 0.2) is 11.4 Å². The SMILES string of the molecule is COCC(CCCl)NC(=O)c1csc(I)c1. The summed E-state index contributed by atoms with van der Waals surface area (Å²) in [4.78, 5) is 11.8. The number of methoxy groups -OCH3 is 1.